The van der Waals surface area contributed by atoms with E-state index in [0.29, 0.717) is 5.75 Å². The van der Waals surface area contributed by atoms with Crippen molar-refractivity contribution < 1.29 is 18.5 Å². The molecule has 0 amide bonds. The van der Waals surface area contributed by atoms with E-state index in [4.69, 9.17) is 9.05 Å². The predicted molar refractivity (Wildman–Crippen MR) is 173 cm³/mol. The highest BCUT2D eigenvalue weighted by Gasteiger charge is 2.49. The maximum absolute atomic E-state index is 14.1. The lowest BCUT2D eigenvalue weighted by Crippen LogP contribution is -2.36. The van der Waals surface area contributed by atoms with Crippen LogP contribution in [-0.4, -0.2) is 11.0 Å². The molecule has 0 spiro atoms. The molecule has 4 aromatic rings. The molecule has 4 atom stereocenters. The van der Waals surface area contributed by atoms with Crippen molar-refractivity contribution in [2.75, 3.05) is 0 Å². The van der Waals surface area contributed by atoms with Crippen molar-refractivity contribution in [3.8, 4) is 16.9 Å². The number of rotatable bonds is 2. The van der Waals surface area contributed by atoms with E-state index < -0.39 is 13.9 Å². The summed E-state index contributed by atoms with van der Waals surface area (Å²) in [5, 5.41) is 0. The molecule has 0 bridgehead atoms. The molecule has 43 heavy (non-hydrogen) atoms. The number of hydrogen-bond donors (Lipinski definition) is 1. The Morgan fingerprint density at radius 3 is 2.09 bits per heavy atom. The van der Waals surface area contributed by atoms with Gasteiger partial charge in [0.2, 0.25) is 0 Å². The number of benzene rings is 4. The summed E-state index contributed by atoms with van der Waals surface area (Å²) >= 11 is 0. The van der Waals surface area contributed by atoms with Gasteiger partial charge in [0, 0.05) is 23.0 Å². The minimum atomic E-state index is -4.48. The minimum Gasteiger partial charge on any atom is -0.403 e. The fourth-order valence-electron chi connectivity index (χ4n) is 8.71. The lowest BCUT2D eigenvalue weighted by atomic mass is 9.66. The molecule has 222 valence electrons. The number of fused-ring (bicyclic) bond motifs is 7. The topological polar surface area (TPSA) is 55.8 Å². The first-order valence-electron chi connectivity index (χ1n) is 15.7. The third-order valence-corrected chi connectivity index (χ3v) is 10.9. The molecule has 0 radical (unpaired) electrons. The Hall–Kier alpha value is -3.17. The summed E-state index contributed by atoms with van der Waals surface area (Å²) in [5.74, 6) is 0.203. The van der Waals surface area contributed by atoms with Gasteiger partial charge in [0.25, 0.3) is 0 Å². The second-order valence-electron chi connectivity index (χ2n) is 13.2. The Bertz CT molecular complexity index is 1790. The van der Waals surface area contributed by atoms with Gasteiger partial charge in [-0.1, -0.05) is 59.7 Å². The van der Waals surface area contributed by atoms with Crippen LogP contribution in [0.15, 0.2) is 54.6 Å². The summed E-state index contributed by atoms with van der Waals surface area (Å²) in [6, 6.07) is 19.7. The highest BCUT2D eigenvalue weighted by Crippen LogP contribution is 2.62. The highest BCUT2D eigenvalue weighted by molar-refractivity contribution is 7.47. The monoisotopic (exact) mass is 592 g/mol. The van der Waals surface area contributed by atoms with Gasteiger partial charge in [0.1, 0.15) is 5.75 Å². The largest absolute Gasteiger partial charge is 0.527 e. The average molecular weight is 593 g/mol. The zero-order valence-corrected chi connectivity index (χ0v) is 27.0. The van der Waals surface area contributed by atoms with E-state index in [0.717, 1.165) is 59.9 Å². The van der Waals surface area contributed by atoms with Crippen LogP contribution in [0.1, 0.15) is 91.4 Å². The Morgan fingerprint density at radius 2 is 1.40 bits per heavy atom. The molecule has 4 aromatic carbocycles. The number of hydrogen-bond acceptors (Lipinski definition) is 3. The highest BCUT2D eigenvalue weighted by atomic mass is 31.2. The van der Waals surface area contributed by atoms with Gasteiger partial charge in [0.05, 0.1) is 6.10 Å². The van der Waals surface area contributed by atoms with Crippen LogP contribution in [-0.2, 0) is 28.4 Å². The van der Waals surface area contributed by atoms with Gasteiger partial charge in [-0.2, -0.15) is 0 Å². The van der Waals surface area contributed by atoms with Crippen molar-refractivity contribution in [2.45, 2.75) is 91.6 Å². The van der Waals surface area contributed by atoms with Crippen molar-refractivity contribution in [2.24, 2.45) is 0 Å². The molecular weight excluding hydrogens is 551 g/mol. The molecule has 2 unspecified atom stereocenters. The summed E-state index contributed by atoms with van der Waals surface area (Å²) in [7, 11) is -4.48. The van der Waals surface area contributed by atoms with Crippen molar-refractivity contribution in [3.63, 3.8) is 0 Å². The zero-order chi connectivity index (χ0) is 30.2. The average Bonchev–Trinajstić information content (AvgIpc) is 3.05. The lowest BCUT2D eigenvalue weighted by Gasteiger charge is -2.40. The van der Waals surface area contributed by atoms with Crippen LogP contribution in [0.5, 0.6) is 5.75 Å². The molecule has 0 aromatic heterocycles. The quantitative estimate of drug-likeness (QED) is 0.236. The summed E-state index contributed by atoms with van der Waals surface area (Å²) in [6.07, 6.45) is 4.36. The first kappa shape index (κ1) is 28.6. The smallest absolute Gasteiger partial charge is 0.403 e. The van der Waals surface area contributed by atoms with Crippen LogP contribution < -0.4 is 4.52 Å². The van der Waals surface area contributed by atoms with Crippen LogP contribution in [0, 0.1) is 41.5 Å². The third-order valence-electron chi connectivity index (χ3n) is 10.0. The normalized spacial score (nSPS) is 24.2. The maximum atomic E-state index is 14.1. The molecule has 0 saturated carbocycles. The van der Waals surface area contributed by atoms with Crippen molar-refractivity contribution in [1.82, 2.24) is 0 Å². The third kappa shape index (κ3) is 4.79. The molecule has 7 rings (SSSR count). The second-order valence-corrected chi connectivity index (χ2v) is 14.5. The first-order chi connectivity index (χ1) is 20.5. The Labute approximate surface area is 255 Å². The fraction of sp³-hybridized carbons (Fsp3) is 0.368. The second kappa shape index (κ2) is 10.5. The van der Waals surface area contributed by atoms with Gasteiger partial charge in [0.15, 0.2) is 0 Å². The standard InChI is InChI=1S/C38H41O4P/c1-21-15-23(3)33(24(4)16-21)31-19-27-11-7-9-13-29(27)35-36-30-14-10-8-12-28(30)20-32(34-25(5)17-22(2)18-26(34)6)38(36)42-43(39,40)41-37(31)35/h7,9,11,13,15-18,20,31,35,37H,8,10,12,14,19H2,1-6H3,(H,39,40)/t31?,35-,37-/m1/s1. The molecule has 3 aliphatic rings. The molecular formula is C38H41O4P. The van der Waals surface area contributed by atoms with Gasteiger partial charge in [-0.05, 0) is 135 Å². The van der Waals surface area contributed by atoms with Crippen LogP contribution in [0.4, 0.5) is 0 Å². The van der Waals surface area contributed by atoms with E-state index in [1.54, 1.807) is 0 Å². The molecule has 0 fully saturated rings. The van der Waals surface area contributed by atoms with E-state index in [2.05, 4.69) is 96.1 Å². The van der Waals surface area contributed by atoms with E-state index in [1.165, 1.54) is 50.1 Å². The molecule has 1 aliphatic heterocycles. The molecule has 2 aliphatic carbocycles. The van der Waals surface area contributed by atoms with Crippen LogP contribution >= 0.6 is 7.82 Å². The molecule has 4 nitrogen and oxygen atoms in total. The summed E-state index contributed by atoms with van der Waals surface area (Å²) in [6.45, 7) is 12.8. The van der Waals surface area contributed by atoms with Gasteiger partial charge in [-0.3, -0.25) is 9.42 Å². The Kier molecular flexibility index (Phi) is 6.97. The van der Waals surface area contributed by atoms with E-state index >= 15 is 0 Å². The number of phosphoric acid groups is 1. The molecule has 1 heterocycles. The van der Waals surface area contributed by atoms with Gasteiger partial charge >= 0.3 is 7.82 Å². The lowest BCUT2D eigenvalue weighted by molar-refractivity contribution is 0.106. The van der Waals surface area contributed by atoms with Crippen LogP contribution in [0.25, 0.3) is 11.1 Å². The van der Waals surface area contributed by atoms with Crippen LogP contribution in [0.2, 0.25) is 0 Å². The number of phosphoric ester groups is 1. The Balaban J connectivity index is 1.58. The Morgan fingerprint density at radius 1 is 0.767 bits per heavy atom. The molecule has 0 saturated heterocycles. The van der Waals surface area contributed by atoms with E-state index in [9.17, 15) is 9.46 Å². The zero-order valence-electron chi connectivity index (χ0n) is 26.1. The van der Waals surface area contributed by atoms with Crippen LogP contribution in [0.3, 0.4) is 0 Å². The van der Waals surface area contributed by atoms with Crippen molar-refractivity contribution in [3.05, 3.63) is 121 Å². The summed E-state index contributed by atoms with van der Waals surface area (Å²) in [4.78, 5) is 11.5. The summed E-state index contributed by atoms with van der Waals surface area (Å²) < 4.78 is 26.8. The fourth-order valence-corrected chi connectivity index (χ4v) is 9.76. The van der Waals surface area contributed by atoms with E-state index in [1.807, 2.05) is 0 Å². The van der Waals surface area contributed by atoms with Crippen molar-refractivity contribution >= 4 is 7.82 Å². The van der Waals surface area contributed by atoms with Gasteiger partial charge in [-0.15, -0.1) is 0 Å². The predicted octanol–water partition coefficient (Wildman–Crippen LogP) is 9.43. The van der Waals surface area contributed by atoms with Crippen molar-refractivity contribution in [1.29, 1.82) is 0 Å². The molecule has 5 heteroatoms. The van der Waals surface area contributed by atoms with Gasteiger partial charge in [-0.25, -0.2) is 4.57 Å². The summed E-state index contributed by atoms with van der Waals surface area (Å²) in [5.41, 5.74) is 16.4. The minimum absolute atomic E-state index is 0.0960. The van der Waals surface area contributed by atoms with Gasteiger partial charge < -0.3 is 4.52 Å². The first-order valence-corrected chi connectivity index (χ1v) is 17.1. The SMILES string of the molecule is Cc1cc(C)c(-c2cc3c(c4c2OP(=O)(O)O[C@@H]2C(c5c(C)cc(C)cc5C)Cc5ccccc5[C@H]42)CCCC3)c(C)c1. The number of aryl methyl sites for hydroxylation is 7. The maximum Gasteiger partial charge on any atom is 0.527 e. The van der Waals surface area contributed by atoms with E-state index in [-0.39, 0.29) is 11.8 Å². The molecule has 1 N–H and O–H groups in total.